The lowest BCUT2D eigenvalue weighted by Crippen LogP contribution is -2.27. The van der Waals surface area contributed by atoms with E-state index in [1.807, 2.05) is 0 Å². The van der Waals surface area contributed by atoms with E-state index in [9.17, 15) is 14.0 Å². The predicted molar refractivity (Wildman–Crippen MR) is 108 cm³/mol. The number of aromatic nitrogens is 3. The van der Waals surface area contributed by atoms with Gasteiger partial charge < -0.3 is 10.3 Å². The van der Waals surface area contributed by atoms with E-state index in [1.165, 1.54) is 45.5 Å². The third-order valence-electron chi connectivity index (χ3n) is 4.21. The van der Waals surface area contributed by atoms with Gasteiger partial charge in [0.25, 0.3) is 11.1 Å². The van der Waals surface area contributed by atoms with Crippen molar-refractivity contribution < 1.29 is 4.39 Å². The molecule has 2 heterocycles. The number of benzene rings is 1. The number of pyridine rings is 1. The Morgan fingerprint density at radius 1 is 1.07 bits per heavy atom. The molecule has 2 aromatic heterocycles. The van der Waals surface area contributed by atoms with Crippen LogP contribution in [0.5, 0.6) is 0 Å². The van der Waals surface area contributed by atoms with Crippen molar-refractivity contribution in [2.75, 3.05) is 5.73 Å². The van der Waals surface area contributed by atoms with E-state index in [0.29, 0.717) is 11.1 Å². The van der Waals surface area contributed by atoms with Crippen LogP contribution in [0.15, 0.2) is 77.5 Å². The molecule has 3 rings (SSSR count). The molecule has 0 atom stereocenters. The molecule has 28 heavy (non-hydrogen) atoms. The minimum Gasteiger partial charge on any atom is -0.369 e. The molecule has 0 saturated carbocycles. The van der Waals surface area contributed by atoms with Crippen molar-refractivity contribution in [1.82, 2.24) is 14.1 Å². The summed E-state index contributed by atoms with van der Waals surface area (Å²) in [5.74, 6) is -0.469. The number of hydrogen-bond donors (Lipinski definition) is 1. The molecular weight excluding hydrogens is 359 g/mol. The van der Waals surface area contributed by atoms with Crippen LogP contribution in [-0.4, -0.2) is 14.1 Å². The minimum absolute atomic E-state index is 0.00711. The Morgan fingerprint density at radius 3 is 2.50 bits per heavy atom. The van der Waals surface area contributed by atoms with Crippen molar-refractivity contribution in [3.05, 3.63) is 94.4 Å². The van der Waals surface area contributed by atoms with E-state index < -0.39 is 11.4 Å². The summed E-state index contributed by atoms with van der Waals surface area (Å²) >= 11 is 0. The summed E-state index contributed by atoms with van der Waals surface area (Å²) in [6.45, 7) is 7.72. The van der Waals surface area contributed by atoms with Gasteiger partial charge in [0.05, 0.1) is 11.3 Å². The second-order valence-electron chi connectivity index (χ2n) is 6.11. The number of anilines is 1. The highest BCUT2D eigenvalue weighted by molar-refractivity contribution is 5.80. The van der Waals surface area contributed by atoms with Crippen LogP contribution in [0.1, 0.15) is 0 Å². The second-order valence-corrected chi connectivity index (χ2v) is 6.11. The molecule has 0 saturated heterocycles. The molecule has 0 unspecified atom stereocenters. The first-order chi connectivity index (χ1) is 13.5. The van der Waals surface area contributed by atoms with Crippen molar-refractivity contribution in [2.24, 2.45) is 0 Å². The Hall–Kier alpha value is -3.74. The molecule has 6 nitrogen and oxygen atoms in total. The minimum atomic E-state index is -0.462. The van der Waals surface area contributed by atoms with Crippen LogP contribution in [-0.2, 0) is 13.1 Å². The molecule has 0 spiro atoms. The third-order valence-corrected chi connectivity index (χ3v) is 4.21. The average molecular weight is 378 g/mol. The van der Waals surface area contributed by atoms with Gasteiger partial charge in [-0.2, -0.15) is 0 Å². The molecule has 2 N–H and O–H groups in total. The molecule has 0 aliphatic rings. The second kappa shape index (κ2) is 7.87. The molecular formula is C21H19FN4O2. The summed E-state index contributed by atoms with van der Waals surface area (Å²) in [6.07, 6.45) is 4.67. The highest BCUT2D eigenvalue weighted by Crippen LogP contribution is 2.28. The lowest BCUT2D eigenvalue weighted by molar-refractivity contribution is 0.628. The van der Waals surface area contributed by atoms with Gasteiger partial charge in [0.1, 0.15) is 5.82 Å². The summed E-state index contributed by atoms with van der Waals surface area (Å²) in [5.41, 5.74) is 6.68. The van der Waals surface area contributed by atoms with Crippen LogP contribution >= 0.6 is 0 Å². The maximum atomic E-state index is 13.8. The quantitative estimate of drug-likeness (QED) is 0.669. The standard InChI is InChI=1S/C21H19FN4O2/c1-3-10-25-13-15(8-9-17(25)27)18-19(14-6-5-7-16(22)12-14)24-21(23)26(11-4-2)20(18)28/h3-9,12-13H,1-2,10-11H2,(H2,23,24). The first-order valence-electron chi connectivity index (χ1n) is 8.55. The zero-order valence-corrected chi connectivity index (χ0v) is 15.1. The number of rotatable bonds is 6. The van der Waals surface area contributed by atoms with Crippen molar-refractivity contribution in [1.29, 1.82) is 0 Å². The Kier molecular flexibility index (Phi) is 5.35. The molecule has 0 amide bonds. The summed E-state index contributed by atoms with van der Waals surface area (Å²) in [6, 6.07) is 8.66. The normalized spacial score (nSPS) is 10.6. The largest absolute Gasteiger partial charge is 0.369 e. The van der Waals surface area contributed by atoms with Crippen LogP contribution in [0.25, 0.3) is 22.4 Å². The summed E-state index contributed by atoms with van der Waals surface area (Å²) in [7, 11) is 0. The van der Waals surface area contributed by atoms with E-state index in [0.717, 1.165) is 0 Å². The van der Waals surface area contributed by atoms with E-state index in [-0.39, 0.29) is 35.9 Å². The predicted octanol–water partition coefficient (Wildman–Crippen LogP) is 2.83. The smallest absolute Gasteiger partial charge is 0.263 e. The molecule has 1 aromatic carbocycles. The van der Waals surface area contributed by atoms with Crippen LogP contribution in [0.3, 0.4) is 0 Å². The van der Waals surface area contributed by atoms with E-state index >= 15 is 0 Å². The maximum absolute atomic E-state index is 13.8. The van der Waals surface area contributed by atoms with Crippen LogP contribution in [0, 0.1) is 5.82 Å². The lowest BCUT2D eigenvalue weighted by atomic mass is 10.0. The molecule has 142 valence electrons. The average Bonchev–Trinajstić information content (AvgIpc) is 2.67. The fraction of sp³-hybridized carbons (Fsp3) is 0.0952. The first kappa shape index (κ1) is 19.0. The summed E-state index contributed by atoms with van der Waals surface area (Å²) < 4.78 is 16.5. The van der Waals surface area contributed by atoms with Gasteiger partial charge in [-0.3, -0.25) is 14.2 Å². The van der Waals surface area contributed by atoms with Gasteiger partial charge in [-0.05, 0) is 18.2 Å². The first-order valence-corrected chi connectivity index (χ1v) is 8.55. The van der Waals surface area contributed by atoms with Gasteiger partial charge >= 0.3 is 0 Å². The molecule has 0 fully saturated rings. The molecule has 0 aliphatic heterocycles. The number of nitrogen functional groups attached to an aromatic ring is 1. The highest BCUT2D eigenvalue weighted by atomic mass is 19.1. The fourth-order valence-electron chi connectivity index (χ4n) is 2.94. The number of halogens is 1. The Morgan fingerprint density at radius 2 is 1.82 bits per heavy atom. The molecule has 0 radical (unpaired) electrons. The monoisotopic (exact) mass is 378 g/mol. The van der Waals surface area contributed by atoms with Gasteiger partial charge in [0.15, 0.2) is 0 Å². The molecule has 0 bridgehead atoms. The number of nitrogens with two attached hydrogens (primary N) is 1. The number of nitrogens with zero attached hydrogens (tertiary/aromatic N) is 3. The lowest BCUT2D eigenvalue weighted by Gasteiger charge is -2.15. The fourth-order valence-corrected chi connectivity index (χ4v) is 2.94. The van der Waals surface area contributed by atoms with Gasteiger partial charge in [0, 0.05) is 36.5 Å². The zero-order chi connectivity index (χ0) is 20.3. The molecule has 3 aromatic rings. The molecule has 7 heteroatoms. The maximum Gasteiger partial charge on any atom is 0.263 e. The number of allylic oxidation sites excluding steroid dienone is 2. The zero-order valence-electron chi connectivity index (χ0n) is 15.1. The van der Waals surface area contributed by atoms with Crippen molar-refractivity contribution in [3.63, 3.8) is 0 Å². The Bertz CT molecular complexity index is 1180. The van der Waals surface area contributed by atoms with Gasteiger partial charge in [0.2, 0.25) is 5.95 Å². The summed E-state index contributed by atoms with van der Waals surface area (Å²) in [5, 5.41) is 0. The third kappa shape index (κ3) is 3.55. The topological polar surface area (TPSA) is 82.9 Å². The van der Waals surface area contributed by atoms with E-state index in [4.69, 9.17) is 5.73 Å². The van der Waals surface area contributed by atoms with Crippen LogP contribution in [0.4, 0.5) is 10.3 Å². The number of hydrogen-bond acceptors (Lipinski definition) is 4. The van der Waals surface area contributed by atoms with Crippen LogP contribution < -0.4 is 16.9 Å². The van der Waals surface area contributed by atoms with Crippen molar-refractivity contribution in [2.45, 2.75) is 13.1 Å². The summed E-state index contributed by atoms with van der Waals surface area (Å²) in [4.78, 5) is 29.6. The van der Waals surface area contributed by atoms with Gasteiger partial charge in [-0.15, -0.1) is 13.2 Å². The Balaban J connectivity index is 2.37. The van der Waals surface area contributed by atoms with E-state index in [2.05, 4.69) is 18.1 Å². The highest BCUT2D eigenvalue weighted by Gasteiger charge is 2.19. The van der Waals surface area contributed by atoms with Gasteiger partial charge in [-0.1, -0.05) is 24.3 Å². The SMILES string of the molecule is C=CCn1cc(-c2c(-c3cccc(F)c3)nc(N)n(CC=C)c2=O)ccc1=O. The van der Waals surface area contributed by atoms with Crippen molar-refractivity contribution >= 4 is 5.95 Å². The molecule has 0 aliphatic carbocycles. The Labute approximate surface area is 160 Å². The van der Waals surface area contributed by atoms with Crippen molar-refractivity contribution in [3.8, 4) is 22.4 Å². The van der Waals surface area contributed by atoms with Crippen LogP contribution in [0.2, 0.25) is 0 Å². The van der Waals surface area contributed by atoms with Gasteiger partial charge in [-0.25, -0.2) is 9.37 Å². The van der Waals surface area contributed by atoms with E-state index in [1.54, 1.807) is 18.3 Å².